The minimum Gasteiger partial charge on any atom is -0.329 e. The minimum absolute atomic E-state index is 0.120. The molecule has 0 radical (unpaired) electrons. The molecule has 0 saturated carbocycles. The van der Waals surface area contributed by atoms with Crippen LogP contribution in [0.4, 0.5) is 4.39 Å². The molecule has 1 aromatic heterocycles. The van der Waals surface area contributed by atoms with Crippen molar-refractivity contribution in [1.82, 2.24) is 20.2 Å². The van der Waals surface area contributed by atoms with E-state index in [2.05, 4.69) is 15.5 Å². The normalized spacial score (nSPS) is 10.8. The first-order valence-electron chi connectivity index (χ1n) is 5.24. The number of benzene rings is 1. The summed E-state index contributed by atoms with van der Waals surface area (Å²) in [6, 6.07) is 4.92. The maximum Gasteiger partial charge on any atom is 0.209 e. The summed E-state index contributed by atoms with van der Waals surface area (Å²) in [5.41, 5.74) is 5.96. The van der Waals surface area contributed by atoms with Crippen LogP contribution in [0.15, 0.2) is 23.4 Å². The number of nitrogens with two attached hydrogens (primary N) is 1. The standard InChI is InChI=1S/C10H11ClFN5S/c11-8-3-1-2-7(9(8)12)6-18-10-14-15-16-17(10)5-4-13/h1-3H,4-6,13H2. The highest BCUT2D eigenvalue weighted by molar-refractivity contribution is 7.98. The quantitative estimate of drug-likeness (QED) is 0.848. The molecule has 0 spiro atoms. The van der Waals surface area contributed by atoms with Crippen LogP contribution >= 0.6 is 23.4 Å². The highest BCUT2D eigenvalue weighted by Gasteiger charge is 2.10. The molecular weight excluding hydrogens is 277 g/mol. The molecule has 0 bridgehead atoms. The summed E-state index contributed by atoms with van der Waals surface area (Å²) in [6.07, 6.45) is 0. The number of halogens is 2. The largest absolute Gasteiger partial charge is 0.329 e. The van der Waals surface area contributed by atoms with Gasteiger partial charge < -0.3 is 5.73 Å². The Hall–Kier alpha value is -1.18. The van der Waals surface area contributed by atoms with Gasteiger partial charge in [-0.05, 0) is 22.1 Å². The highest BCUT2D eigenvalue weighted by atomic mass is 35.5. The van der Waals surface area contributed by atoms with Crippen LogP contribution in [-0.4, -0.2) is 26.8 Å². The summed E-state index contributed by atoms with van der Waals surface area (Å²) in [4.78, 5) is 0. The Morgan fingerprint density at radius 1 is 1.44 bits per heavy atom. The lowest BCUT2D eigenvalue weighted by Gasteiger charge is -2.04. The van der Waals surface area contributed by atoms with E-state index in [1.165, 1.54) is 17.8 Å². The number of hydrogen-bond acceptors (Lipinski definition) is 5. The fourth-order valence-corrected chi connectivity index (χ4v) is 2.44. The predicted octanol–water partition coefficient (Wildman–Crippen LogP) is 1.72. The molecule has 0 aliphatic carbocycles. The van der Waals surface area contributed by atoms with Gasteiger partial charge in [0.2, 0.25) is 5.16 Å². The van der Waals surface area contributed by atoms with Crippen molar-refractivity contribution in [3.8, 4) is 0 Å². The summed E-state index contributed by atoms with van der Waals surface area (Å²) in [5, 5.41) is 11.9. The topological polar surface area (TPSA) is 69.6 Å². The third kappa shape index (κ3) is 2.98. The Morgan fingerprint density at radius 3 is 3.06 bits per heavy atom. The minimum atomic E-state index is -0.399. The molecule has 0 unspecified atom stereocenters. The van der Waals surface area contributed by atoms with Gasteiger partial charge in [-0.2, -0.15) is 0 Å². The summed E-state index contributed by atoms with van der Waals surface area (Å²) < 4.78 is 15.2. The van der Waals surface area contributed by atoms with Crippen LogP contribution in [0.5, 0.6) is 0 Å². The van der Waals surface area contributed by atoms with Crippen LogP contribution in [-0.2, 0) is 12.3 Å². The fraction of sp³-hybridized carbons (Fsp3) is 0.300. The molecule has 0 aliphatic heterocycles. The van der Waals surface area contributed by atoms with Crippen LogP contribution in [0, 0.1) is 5.82 Å². The van der Waals surface area contributed by atoms with Crippen LogP contribution < -0.4 is 5.73 Å². The zero-order valence-electron chi connectivity index (χ0n) is 9.38. The zero-order chi connectivity index (χ0) is 13.0. The van der Waals surface area contributed by atoms with Gasteiger partial charge in [0.25, 0.3) is 0 Å². The summed E-state index contributed by atoms with van der Waals surface area (Å²) in [6.45, 7) is 0.984. The average Bonchev–Trinajstić information content (AvgIpc) is 2.79. The Morgan fingerprint density at radius 2 is 2.28 bits per heavy atom. The first-order valence-corrected chi connectivity index (χ1v) is 6.60. The Kier molecular flexibility index (Phi) is 4.51. The monoisotopic (exact) mass is 287 g/mol. The number of tetrazole rings is 1. The molecule has 0 atom stereocenters. The lowest BCUT2D eigenvalue weighted by atomic mass is 10.2. The van der Waals surface area contributed by atoms with E-state index in [0.29, 0.717) is 29.6 Å². The summed E-state index contributed by atoms with van der Waals surface area (Å²) >= 11 is 7.05. The zero-order valence-corrected chi connectivity index (χ0v) is 11.0. The van der Waals surface area contributed by atoms with Crippen molar-refractivity contribution in [2.75, 3.05) is 6.54 Å². The molecule has 1 aromatic carbocycles. The van der Waals surface area contributed by atoms with E-state index >= 15 is 0 Å². The van der Waals surface area contributed by atoms with E-state index < -0.39 is 5.82 Å². The second-order valence-corrected chi connectivity index (χ2v) is 4.82. The Labute approximate surface area is 112 Å². The summed E-state index contributed by atoms with van der Waals surface area (Å²) in [7, 11) is 0. The van der Waals surface area contributed by atoms with Gasteiger partial charge in [-0.15, -0.1) is 5.10 Å². The first kappa shape index (κ1) is 13.3. The van der Waals surface area contributed by atoms with Crippen molar-refractivity contribution >= 4 is 23.4 Å². The predicted molar refractivity (Wildman–Crippen MR) is 67.8 cm³/mol. The van der Waals surface area contributed by atoms with Crippen LogP contribution in [0.25, 0.3) is 0 Å². The first-order chi connectivity index (χ1) is 8.72. The number of aromatic nitrogens is 4. The maximum atomic E-state index is 13.7. The van der Waals surface area contributed by atoms with Crippen LogP contribution in [0.2, 0.25) is 5.02 Å². The molecule has 2 N–H and O–H groups in total. The third-order valence-electron chi connectivity index (χ3n) is 2.23. The lowest BCUT2D eigenvalue weighted by Crippen LogP contribution is -2.12. The molecule has 0 amide bonds. The van der Waals surface area contributed by atoms with Crippen molar-refractivity contribution in [2.45, 2.75) is 17.5 Å². The maximum absolute atomic E-state index is 13.7. The van der Waals surface area contributed by atoms with E-state index in [9.17, 15) is 4.39 Å². The molecule has 2 aromatic rings. The van der Waals surface area contributed by atoms with Crippen LogP contribution in [0.3, 0.4) is 0 Å². The molecule has 0 saturated heterocycles. The second-order valence-electron chi connectivity index (χ2n) is 3.47. The molecule has 1 heterocycles. The van der Waals surface area contributed by atoms with E-state index in [-0.39, 0.29) is 5.02 Å². The molecular formula is C10H11ClFN5S. The van der Waals surface area contributed by atoms with Crippen molar-refractivity contribution in [3.05, 3.63) is 34.6 Å². The number of nitrogens with zero attached hydrogens (tertiary/aromatic N) is 4. The molecule has 5 nitrogen and oxygen atoms in total. The number of hydrogen-bond donors (Lipinski definition) is 1. The van der Waals surface area contributed by atoms with Gasteiger partial charge in [0.05, 0.1) is 11.6 Å². The van der Waals surface area contributed by atoms with Gasteiger partial charge >= 0.3 is 0 Å². The third-order valence-corrected chi connectivity index (χ3v) is 3.53. The van der Waals surface area contributed by atoms with Crippen molar-refractivity contribution < 1.29 is 4.39 Å². The number of thioether (sulfide) groups is 1. The molecule has 0 aliphatic rings. The molecule has 96 valence electrons. The molecule has 18 heavy (non-hydrogen) atoms. The second kappa shape index (κ2) is 6.12. The van der Waals surface area contributed by atoms with E-state index in [4.69, 9.17) is 17.3 Å². The van der Waals surface area contributed by atoms with Gasteiger partial charge in [-0.25, -0.2) is 9.07 Å². The SMILES string of the molecule is NCCn1nnnc1SCc1cccc(Cl)c1F. The smallest absolute Gasteiger partial charge is 0.209 e. The van der Waals surface area contributed by atoms with E-state index in [1.807, 2.05) is 0 Å². The molecule has 0 fully saturated rings. The van der Waals surface area contributed by atoms with E-state index in [1.54, 1.807) is 16.8 Å². The van der Waals surface area contributed by atoms with Crippen molar-refractivity contribution in [2.24, 2.45) is 5.73 Å². The molecule has 8 heteroatoms. The van der Waals surface area contributed by atoms with Gasteiger partial charge in [0.15, 0.2) is 0 Å². The number of rotatable bonds is 5. The van der Waals surface area contributed by atoms with E-state index in [0.717, 1.165) is 0 Å². The fourth-order valence-electron chi connectivity index (χ4n) is 1.36. The van der Waals surface area contributed by atoms with Crippen molar-refractivity contribution in [1.29, 1.82) is 0 Å². The van der Waals surface area contributed by atoms with Gasteiger partial charge in [0.1, 0.15) is 5.82 Å². The van der Waals surface area contributed by atoms with Gasteiger partial charge in [0, 0.05) is 12.3 Å². The highest BCUT2D eigenvalue weighted by Crippen LogP contribution is 2.25. The average molecular weight is 288 g/mol. The Balaban J connectivity index is 2.07. The molecule has 2 rings (SSSR count). The van der Waals surface area contributed by atoms with Gasteiger partial charge in [-0.1, -0.05) is 35.5 Å². The summed E-state index contributed by atoms with van der Waals surface area (Å²) in [5.74, 6) is 0.0154. The van der Waals surface area contributed by atoms with Crippen LogP contribution in [0.1, 0.15) is 5.56 Å². The lowest BCUT2D eigenvalue weighted by molar-refractivity contribution is 0.556. The van der Waals surface area contributed by atoms with Gasteiger partial charge in [-0.3, -0.25) is 0 Å². The Bertz CT molecular complexity index is 533. The van der Waals surface area contributed by atoms with Crippen molar-refractivity contribution in [3.63, 3.8) is 0 Å².